The Morgan fingerprint density at radius 3 is 0.472 bits per heavy atom. The van der Waals surface area contributed by atoms with E-state index in [9.17, 15) is 117 Å². The van der Waals surface area contributed by atoms with Gasteiger partial charge in [0.15, 0.2) is 0 Å². The average Bonchev–Trinajstić information content (AvgIpc) is 0.820. The highest BCUT2D eigenvalue weighted by atomic mass is 16.6. The summed E-state index contributed by atoms with van der Waals surface area (Å²) in [6.07, 6.45) is 0. The summed E-state index contributed by atoms with van der Waals surface area (Å²) in [6.45, 7) is 25.3. The summed E-state index contributed by atoms with van der Waals surface area (Å²) in [5.74, 6) is -19.3. The Kier molecular flexibility index (Phi) is 38.9. The summed E-state index contributed by atoms with van der Waals surface area (Å²) in [4.78, 5) is 213. The predicted molar refractivity (Wildman–Crippen MR) is 417 cm³/mol. The Balaban J connectivity index is 0.000000387. The molecule has 0 radical (unpaired) electrons. The number of benzene rings is 6. The molecule has 39 nitrogen and oxygen atoms in total. The van der Waals surface area contributed by atoms with Gasteiger partial charge in [0.05, 0.1) is 66.8 Å². The molecule has 0 bridgehead atoms. The van der Waals surface area contributed by atoms with Crippen molar-refractivity contribution in [3.05, 3.63) is 249 Å². The maximum absolute atomic E-state index is 12.6. The van der Waals surface area contributed by atoms with Crippen molar-refractivity contribution in [2.45, 2.75) is 41.5 Å². The van der Waals surface area contributed by atoms with E-state index in [1.165, 1.54) is 77.9 Å². The highest BCUT2D eigenvalue weighted by Gasteiger charge is 2.28. The van der Waals surface area contributed by atoms with Gasteiger partial charge in [0.25, 0.3) is 0 Å². The van der Waals surface area contributed by atoms with Gasteiger partial charge in [-0.15, -0.1) is 0 Å². The SMILES string of the molecule is C=C(C)C(=O)OCCOC(=O)c1cc(Oc2ccc(C(=O)O)c(C(=O)OCCOC(=O)C(=C)C)c2)ccc1C(=O)O.C=C(C)C(=O)OCCOC(=O)c1ccc(Oc2ccc(C(=O)O)c(C(=O)OCCOC(=O)C(=C)C)c2)cc1C(=O)O.C=C(C)C(=O)OCCOC(=O)c1ccc(Oc2ccc(C(=O)OCCOC(=O)C(=C)C)c(C(=O)O)c2)cc1C(=O)O. The quantitative estimate of drug-likeness (QED) is 0.00897. The summed E-state index contributed by atoms with van der Waals surface area (Å²) in [5, 5.41) is 57.1. The molecule has 6 aromatic rings. The van der Waals surface area contributed by atoms with E-state index >= 15 is 0 Å². The molecule has 6 N–H and O–H groups in total. The van der Waals surface area contributed by atoms with E-state index in [0.717, 1.165) is 72.8 Å². The molecule has 0 atom stereocenters. The van der Waals surface area contributed by atoms with Crippen LogP contribution >= 0.6 is 0 Å². The lowest BCUT2D eigenvalue weighted by Crippen LogP contribution is -2.17. The van der Waals surface area contributed by atoms with Crippen molar-refractivity contribution in [2.24, 2.45) is 0 Å². The summed E-state index contributed by atoms with van der Waals surface area (Å²) in [6, 6.07) is 20.4. The largest absolute Gasteiger partial charge is 0.478 e. The Bertz CT molecular complexity index is 5010. The first-order valence-corrected chi connectivity index (χ1v) is 35.2. The third-order valence-corrected chi connectivity index (χ3v) is 14.7. The zero-order chi connectivity index (χ0) is 92.1. The van der Waals surface area contributed by atoms with Crippen LogP contribution in [0.1, 0.15) is 166 Å². The molecule has 0 heterocycles. The molecule has 0 amide bonds. The van der Waals surface area contributed by atoms with Gasteiger partial charge in [0, 0.05) is 33.4 Å². The van der Waals surface area contributed by atoms with Crippen LogP contribution in [0.4, 0.5) is 0 Å². The minimum absolute atomic E-state index is 0.0511. The average molecular weight is 1710 g/mol. The molecular formula is C84H78O39. The molecule has 0 unspecified atom stereocenters. The molecule has 0 aromatic heterocycles. The molecule has 6 rings (SSSR count). The predicted octanol–water partition coefficient (Wildman–Crippen LogP) is 10.3. The Hall–Kier alpha value is -16.4. The van der Waals surface area contributed by atoms with Crippen LogP contribution in [0.15, 0.2) is 182 Å². The van der Waals surface area contributed by atoms with Gasteiger partial charge in [0.1, 0.15) is 114 Å². The van der Waals surface area contributed by atoms with E-state index < -0.39 is 141 Å². The Labute approximate surface area is 696 Å². The number of carbonyl (C=O) groups excluding carboxylic acids is 12. The van der Waals surface area contributed by atoms with Crippen LogP contribution in [-0.2, 0) is 85.6 Å². The van der Waals surface area contributed by atoms with E-state index in [0.29, 0.717) is 0 Å². The van der Waals surface area contributed by atoms with Crippen molar-refractivity contribution in [3.63, 3.8) is 0 Å². The molecule has 0 spiro atoms. The molecular weight excluding hydrogens is 1630 g/mol. The molecule has 0 saturated heterocycles. The van der Waals surface area contributed by atoms with Gasteiger partial charge in [-0.2, -0.15) is 0 Å². The van der Waals surface area contributed by atoms with Crippen molar-refractivity contribution < 1.29 is 188 Å². The lowest BCUT2D eigenvalue weighted by Gasteiger charge is -2.13. The third-order valence-electron chi connectivity index (χ3n) is 14.7. The molecule has 0 aliphatic heterocycles. The second-order valence-electron chi connectivity index (χ2n) is 24.7. The van der Waals surface area contributed by atoms with Gasteiger partial charge in [-0.05, 0) is 151 Å². The number of hydrogen-bond acceptors (Lipinski definition) is 33. The number of aromatic carboxylic acids is 6. The van der Waals surface area contributed by atoms with Crippen LogP contribution in [0.2, 0.25) is 0 Å². The van der Waals surface area contributed by atoms with Crippen LogP contribution in [0.25, 0.3) is 0 Å². The summed E-state index contributed by atoms with van der Waals surface area (Å²) in [5.41, 5.74) is -3.81. The minimum Gasteiger partial charge on any atom is -0.478 e. The van der Waals surface area contributed by atoms with Crippen molar-refractivity contribution in [1.29, 1.82) is 0 Å². The number of rotatable bonds is 42. The molecule has 0 aliphatic rings. The number of hydrogen-bond donors (Lipinski definition) is 6. The maximum Gasteiger partial charge on any atom is 0.339 e. The highest BCUT2D eigenvalue weighted by molar-refractivity contribution is 6.07. The molecule has 648 valence electrons. The molecule has 0 saturated carbocycles. The number of ether oxygens (including phenoxy) is 15. The molecule has 0 aliphatic carbocycles. The molecule has 6 aromatic carbocycles. The summed E-state index contributed by atoms with van der Waals surface area (Å²) < 4.78 is 75.5. The second kappa shape index (κ2) is 48.4. The first kappa shape index (κ1) is 99.0. The Morgan fingerprint density at radius 1 is 0.195 bits per heavy atom. The van der Waals surface area contributed by atoms with Crippen LogP contribution in [-0.4, -0.2) is 217 Å². The normalized spacial score (nSPS) is 10.1. The topological polar surface area (TPSA) is 567 Å². The minimum atomic E-state index is -1.48. The van der Waals surface area contributed by atoms with Gasteiger partial charge in [-0.1, -0.05) is 39.5 Å². The lowest BCUT2D eigenvalue weighted by atomic mass is 10.1. The standard InChI is InChI=1S/3C28H26O13/c1-15(2)25(33)37-9-11-39-27(35)20-8-6-17(13-21(20)24(31)32)41-18-5-7-19(23(29)30)22(14-18)28(36)40-12-10-38-26(34)16(3)4;1-15(2)25(33)37-9-11-39-27(35)19-7-5-17(13-21(19)23(29)30)41-18-6-8-20(22(14-18)24(31)32)28(36)40-12-10-38-26(34)16(3)4;1-15(2)25(33)37-9-11-39-27(35)21-13-17(5-7-19(21)23(29)30)41-18-6-8-20(24(31)32)22(14-18)28(36)40-12-10-38-26(34)16(3)4/h3*5-8,13-14H,1,3,9-12H2,2,4H3,(H,29,30)(H,31,32). The molecule has 0 fully saturated rings. The third kappa shape index (κ3) is 32.2. The first-order valence-electron chi connectivity index (χ1n) is 35.2. The van der Waals surface area contributed by atoms with E-state index in [2.05, 4.69) is 39.5 Å². The van der Waals surface area contributed by atoms with Crippen molar-refractivity contribution >= 4 is 107 Å². The van der Waals surface area contributed by atoms with Crippen LogP contribution in [0.5, 0.6) is 34.5 Å². The number of carbonyl (C=O) groups is 18. The highest BCUT2D eigenvalue weighted by Crippen LogP contribution is 2.32. The monoisotopic (exact) mass is 1710 g/mol. The summed E-state index contributed by atoms with van der Waals surface area (Å²) in [7, 11) is 0. The zero-order valence-electron chi connectivity index (χ0n) is 66.3. The van der Waals surface area contributed by atoms with Gasteiger partial charge in [-0.3, -0.25) is 0 Å². The van der Waals surface area contributed by atoms with Crippen molar-refractivity contribution in [3.8, 4) is 34.5 Å². The second-order valence-corrected chi connectivity index (χ2v) is 24.7. The fourth-order valence-electron chi connectivity index (χ4n) is 8.88. The van der Waals surface area contributed by atoms with Gasteiger partial charge >= 0.3 is 107 Å². The zero-order valence-corrected chi connectivity index (χ0v) is 66.3. The van der Waals surface area contributed by atoms with Crippen LogP contribution < -0.4 is 14.2 Å². The summed E-state index contributed by atoms with van der Waals surface area (Å²) >= 11 is 0. The van der Waals surface area contributed by atoms with E-state index in [-0.39, 0.29) is 181 Å². The number of carboxylic acids is 6. The van der Waals surface area contributed by atoms with Crippen molar-refractivity contribution in [2.75, 3.05) is 79.3 Å². The molecule has 123 heavy (non-hydrogen) atoms. The van der Waals surface area contributed by atoms with E-state index in [4.69, 9.17) is 71.1 Å². The van der Waals surface area contributed by atoms with E-state index in [1.807, 2.05) is 0 Å². The van der Waals surface area contributed by atoms with Crippen molar-refractivity contribution in [1.82, 2.24) is 0 Å². The van der Waals surface area contributed by atoms with E-state index in [1.54, 1.807) is 0 Å². The lowest BCUT2D eigenvalue weighted by molar-refractivity contribution is -0.140. The van der Waals surface area contributed by atoms with Gasteiger partial charge < -0.3 is 102 Å². The van der Waals surface area contributed by atoms with Crippen LogP contribution in [0, 0.1) is 0 Å². The molecule has 39 heteroatoms. The smallest absolute Gasteiger partial charge is 0.339 e. The van der Waals surface area contributed by atoms with Gasteiger partial charge in [0.2, 0.25) is 0 Å². The fraction of sp³-hybridized carbons (Fsp3) is 0.214. The number of carboxylic acid groups (broad SMARTS) is 6. The fourth-order valence-corrected chi connectivity index (χ4v) is 8.88. The Morgan fingerprint density at radius 2 is 0.325 bits per heavy atom. The van der Waals surface area contributed by atoms with Crippen LogP contribution in [0.3, 0.4) is 0 Å². The maximum atomic E-state index is 12.6. The van der Waals surface area contributed by atoms with Gasteiger partial charge in [-0.25, -0.2) is 86.3 Å². The number of esters is 12. The first-order chi connectivity index (χ1) is 57.9.